The van der Waals surface area contributed by atoms with Gasteiger partial charge in [0.05, 0.1) is 16.8 Å². The Labute approximate surface area is 169 Å². The van der Waals surface area contributed by atoms with Crippen molar-refractivity contribution in [3.8, 4) is 23.1 Å². The highest BCUT2D eigenvalue weighted by molar-refractivity contribution is 7.99. The van der Waals surface area contributed by atoms with Crippen LogP contribution >= 0.6 is 23.4 Å². The first-order valence-corrected chi connectivity index (χ1v) is 10.1. The van der Waals surface area contributed by atoms with Gasteiger partial charge in [-0.05, 0) is 23.1 Å². The van der Waals surface area contributed by atoms with E-state index >= 15 is 0 Å². The summed E-state index contributed by atoms with van der Waals surface area (Å²) in [6, 6.07) is 18.2. The number of aromatic nitrogens is 3. The lowest BCUT2D eigenvalue weighted by Crippen LogP contribution is -2.10. The number of hydrogen-bond acceptors (Lipinski definition) is 4. The number of halogens is 1. The Morgan fingerprint density at radius 2 is 1.78 bits per heavy atom. The summed E-state index contributed by atoms with van der Waals surface area (Å²) in [5, 5.41) is 19.0. The molecule has 3 rings (SSSR count). The third-order valence-corrected chi connectivity index (χ3v) is 5.43. The summed E-state index contributed by atoms with van der Waals surface area (Å²) in [6.07, 6.45) is 0.454. The average molecular weight is 397 g/mol. The quantitative estimate of drug-likeness (QED) is 0.398. The standard InChI is InChI=1S/C21H21ClN4S/c1-21(2,3)16-11-9-15(10-12-16)19-24-25-20(27-14-6-13-23)26(19)18-8-5-4-7-17(18)22/h4-5,7-12H,6,14H2,1-3H3. The van der Waals surface area contributed by atoms with E-state index in [9.17, 15) is 0 Å². The maximum absolute atomic E-state index is 8.82. The average Bonchev–Trinajstić information content (AvgIpc) is 3.05. The fourth-order valence-electron chi connectivity index (χ4n) is 2.71. The zero-order valence-corrected chi connectivity index (χ0v) is 17.2. The molecule has 0 radical (unpaired) electrons. The molecule has 0 fully saturated rings. The summed E-state index contributed by atoms with van der Waals surface area (Å²) in [6.45, 7) is 6.58. The maximum atomic E-state index is 8.82. The van der Waals surface area contributed by atoms with E-state index < -0.39 is 0 Å². The molecule has 0 N–H and O–H groups in total. The highest BCUT2D eigenvalue weighted by atomic mass is 35.5. The van der Waals surface area contributed by atoms with Crippen LogP contribution in [-0.4, -0.2) is 20.5 Å². The molecule has 0 spiro atoms. The fraction of sp³-hybridized carbons (Fsp3) is 0.286. The van der Waals surface area contributed by atoms with Crippen LogP contribution in [0.3, 0.4) is 0 Å². The predicted octanol–water partition coefficient (Wildman–Crippen LogP) is 5.89. The number of hydrogen-bond donors (Lipinski definition) is 0. The van der Waals surface area contributed by atoms with Crippen LogP contribution in [0.4, 0.5) is 0 Å². The van der Waals surface area contributed by atoms with Crippen LogP contribution in [0.5, 0.6) is 0 Å². The predicted molar refractivity (Wildman–Crippen MR) is 111 cm³/mol. The summed E-state index contributed by atoms with van der Waals surface area (Å²) in [4.78, 5) is 0. The van der Waals surface area contributed by atoms with Gasteiger partial charge >= 0.3 is 0 Å². The molecule has 0 aliphatic carbocycles. The van der Waals surface area contributed by atoms with Crippen molar-refractivity contribution in [2.45, 2.75) is 37.8 Å². The number of thioether (sulfide) groups is 1. The summed E-state index contributed by atoms with van der Waals surface area (Å²) in [5.74, 6) is 1.39. The van der Waals surface area contributed by atoms with Crippen LogP contribution in [0.25, 0.3) is 17.1 Å². The summed E-state index contributed by atoms with van der Waals surface area (Å²) in [5.41, 5.74) is 3.16. The largest absolute Gasteiger partial charge is 0.269 e. The van der Waals surface area contributed by atoms with Crippen molar-refractivity contribution in [2.24, 2.45) is 0 Å². The van der Waals surface area contributed by atoms with E-state index in [1.54, 1.807) is 0 Å². The van der Waals surface area contributed by atoms with Crippen molar-refractivity contribution in [1.29, 1.82) is 5.26 Å². The SMILES string of the molecule is CC(C)(C)c1ccc(-c2nnc(SCCC#N)n2-c2ccccc2Cl)cc1. The monoisotopic (exact) mass is 396 g/mol. The van der Waals surface area contributed by atoms with Crippen LogP contribution < -0.4 is 0 Å². The molecule has 138 valence electrons. The van der Waals surface area contributed by atoms with Crippen molar-refractivity contribution in [3.05, 3.63) is 59.1 Å². The van der Waals surface area contributed by atoms with Gasteiger partial charge in [0.25, 0.3) is 0 Å². The van der Waals surface area contributed by atoms with Crippen molar-refractivity contribution in [3.63, 3.8) is 0 Å². The second kappa shape index (κ2) is 8.16. The first-order valence-electron chi connectivity index (χ1n) is 8.73. The second-order valence-corrected chi connectivity index (χ2v) is 8.65. The minimum Gasteiger partial charge on any atom is -0.269 e. The molecule has 1 aromatic heterocycles. The lowest BCUT2D eigenvalue weighted by molar-refractivity contribution is 0.590. The molecule has 3 aromatic rings. The molecule has 1 heterocycles. The Morgan fingerprint density at radius 3 is 2.41 bits per heavy atom. The van der Waals surface area contributed by atoms with Crippen molar-refractivity contribution < 1.29 is 0 Å². The summed E-state index contributed by atoms with van der Waals surface area (Å²) < 4.78 is 1.97. The van der Waals surface area contributed by atoms with Gasteiger partial charge in [-0.3, -0.25) is 4.57 Å². The Balaban J connectivity index is 2.08. The summed E-state index contributed by atoms with van der Waals surface area (Å²) >= 11 is 7.96. The molecule has 0 aliphatic heterocycles. The minimum atomic E-state index is 0.0905. The Bertz CT molecular complexity index is 965. The molecule has 4 nitrogen and oxygen atoms in total. The molecule has 6 heteroatoms. The van der Waals surface area contributed by atoms with Gasteiger partial charge in [-0.25, -0.2) is 0 Å². The third kappa shape index (κ3) is 4.35. The van der Waals surface area contributed by atoms with Gasteiger partial charge in [-0.15, -0.1) is 10.2 Å². The number of para-hydroxylation sites is 1. The molecule has 0 atom stereocenters. The van der Waals surface area contributed by atoms with Crippen molar-refractivity contribution in [2.75, 3.05) is 5.75 Å². The van der Waals surface area contributed by atoms with E-state index in [0.29, 0.717) is 17.2 Å². The van der Waals surface area contributed by atoms with Crippen LogP contribution in [0.1, 0.15) is 32.8 Å². The number of nitrogens with zero attached hydrogens (tertiary/aromatic N) is 4. The zero-order chi connectivity index (χ0) is 19.4. The van der Waals surface area contributed by atoms with Gasteiger partial charge in [-0.2, -0.15) is 5.26 Å². The van der Waals surface area contributed by atoms with E-state index in [-0.39, 0.29) is 5.41 Å². The molecule has 0 amide bonds. The van der Waals surface area contributed by atoms with E-state index in [2.05, 4.69) is 61.3 Å². The van der Waals surface area contributed by atoms with Crippen molar-refractivity contribution in [1.82, 2.24) is 14.8 Å². The topological polar surface area (TPSA) is 54.5 Å². The molecule has 0 saturated heterocycles. The smallest absolute Gasteiger partial charge is 0.196 e. The van der Waals surface area contributed by atoms with Gasteiger partial charge in [0.2, 0.25) is 0 Å². The molecule has 0 aliphatic rings. The van der Waals surface area contributed by atoms with Crippen LogP contribution in [0.2, 0.25) is 5.02 Å². The van der Waals surface area contributed by atoms with Gasteiger partial charge < -0.3 is 0 Å². The normalized spacial score (nSPS) is 11.4. The van der Waals surface area contributed by atoms with E-state index in [1.165, 1.54) is 17.3 Å². The van der Waals surface area contributed by atoms with Crippen LogP contribution in [0.15, 0.2) is 53.7 Å². The van der Waals surface area contributed by atoms with Gasteiger partial charge in [0.15, 0.2) is 11.0 Å². The number of benzene rings is 2. The molecule has 0 saturated carbocycles. The molecular weight excluding hydrogens is 376 g/mol. The van der Waals surface area contributed by atoms with Gasteiger partial charge in [0.1, 0.15) is 0 Å². The fourth-order valence-corrected chi connectivity index (χ4v) is 3.72. The lowest BCUT2D eigenvalue weighted by Gasteiger charge is -2.19. The van der Waals surface area contributed by atoms with E-state index in [4.69, 9.17) is 16.9 Å². The maximum Gasteiger partial charge on any atom is 0.196 e. The Hall–Kier alpha value is -2.29. The molecule has 2 aromatic carbocycles. The lowest BCUT2D eigenvalue weighted by atomic mass is 9.87. The third-order valence-electron chi connectivity index (χ3n) is 4.18. The molecule has 0 bridgehead atoms. The minimum absolute atomic E-state index is 0.0905. The zero-order valence-electron chi connectivity index (χ0n) is 15.6. The second-order valence-electron chi connectivity index (χ2n) is 7.18. The van der Waals surface area contributed by atoms with Gasteiger partial charge in [0, 0.05) is 17.7 Å². The van der Waals surface area contributed by atoms with Crippen LogP contribution in [0, 0.1) is 11.3 Å². The number of nitriles is 1. The Morgan fingerprint density at radius 1 is 1.07 bits per heavy atom. The first kappa shape index (κ1) is 19.5. The Kier molecular flexibility index (Phi) is 5.88. The van der Waals surface area contributed by atoms with Crippen LogP contribution in [-0.2, 0) is 5.41 Å². The highest BCUT2D eigenvalue weighted by Gasteiger charge is 2.19. The molecule has 0 unspecified atom stereocenters. The van der Waals surface area contributed by atoms with Crippen molar-refractivity contribution >= 4 is 23.4 Å². The molecule has 27 heavy (non-hydrogen) atoms. The van der Waals surface area contributed by atoms with E-state index in [0.717, 1.165) is 22.2 Å². The first-order chi connectivity index (χ1) is 12.9. The molecular formula is C21H21ClN4S. The highest BCUT2D eigenvalue weighted by Crippen LogP contribution is 2.32. The van der Waals surface area contributed by atoms with E-state index in [1.807, 2.05) is 28.8 Å². The van der Waals surface area contributed by atoms with Gasteiger partial charge in [-0.1, -0.05) is 80.5 Å². The number of rotatable bonds is 5. The summed E-state index contributed by atoms with van der Waals surface area (Å²) in [7, 11) is 0.